The van der Waals surface area contributed by atoms with Gasteiger partial charge in [-0.1, -0.05) is 192 Å². The summed E-state index contributed by atoms with van der Waals surface area (Å²) in [6, 6.07) is 61.4. The Morgan fingerprint density at radius 2 is 0.855 bits per heavy atom. The van der Waals surface area contributed by atoms with Crippen molar-refractivity contribution in [3.8, 4) is 33.6 Å². The highest BCUT2D eigenvalue weighted by atomic mass is 15.1. The van der Waals surface area contributed by atoms with Gasteiger partial charge in [0.25, 0.3) is 6.71 Å². The number of aromatic nitrogens is 2. The first-order valence-electron chi connectivity index (χ1n) is 28.9. The third-order valence-electron chi connectivity index (χ3n) is 20.6. The fourth-order valence-corrected chi connectivity index (χ4v) is 15.1. The van der Waals surface area contributed by atoms with Crippen LogP contribution in [0.25, 0.3) is 88.0 Å². The smallest absolute Gasteiger partial charge is 0.252 e. The number of nitrogens with zero attached hydrogens (tertiary/aromatic N) is 2. The fourth-order valence-electron chi connectivity index (χ4n) is 15.1. The molecule has 1 aliphatic carbocycles. The van der Waals surface area contributed by atoms with Crippen molar-refractivity contribution in [3.05, 3.63) is 196 Å². The Morgan fingerprint density at radius 3 is 1.46 bits per heavy atom. The second kappa shape index (κ2) is 16.0. The number of benzene rings is 9. The molecule has 4 aliphatic rings. The van der Waals surface area contributed by atoms with E-state index in [-0.39, 0.29) is 6.71 Å². The average molecular weight is 985 g/mol. The SMILES string of the molecule is CC(C)C(C)c1ccc2c(c1)c1cc(C(C)C(C)C)cc3c1n2-c1c(-c2ccc4ccccc4c2)cc2c4c1B3c1cc(C(C)C(C)C)cc3c5cc(C(C)C(C)C)cc(c5n-4c13)C21c2ccccc2-c2ccccc21. The topological polar surface area (TPSA) is 9.86 Å². The summed E-state index contributed by atoms with van der Waals surface area (Å²) in [5.41, 5.74) is 28.6. The summed E-state index contributed by atoms with van der Waals surface area (Å²) in [6.45, 7) is 29.0. The minimum Gasteiger partial charge on any atom is -0.310 e. The summed E-state index contributed by atoms with van der Waals surface area (Å²) < 4.78 is 5.61. The van der Waals surface area contributed by atoms with Crippen LogP contribution >= 0.6 is 0 Å². The zero-order chi connectivity index (χ0) is 52.1. The van der Waals surface area contributed by atoms with Gasteiger partial charge in [0.2, 0.25) is 0 Å². The first-order valence-corrected chi connectivity index (χ1v) is 28.9. The van der Waals surface area contributed by atoms with Gasteiger partial charge < -0.3 is 9.13 Å². The number of rotatable bonds is 9. The van der Waals surface area contributed by atoms with Crippen LogP contribution in [0.5, 0.6) is 0 Å². The maximum absolute atomic E-state index is 2.84. The van der Waals surface area contributed by atoms with Gasteiger partial charge in [0.05, 0.1) is 22.1 Å². The highest BCUT2D eigenvalue weighted by molar-refractivity contribution is 7.00. The first-order chi connectivity index (χ1) is 36.7. The molecule has 0 saturated carbocycles. The lowest BCUT2D eigenvalue weighted by Gasteiger charge is -2.45. The number of hydrogen-bond donors (Lipinski definition) is 0. The van der Waals surface area contributed by atoms with E-state index in [1.54, 1.807) is 0 Å². The van der Waals surface area contributed by atoms with E-state index >= 15 is 0 Å². The standard InChI is InChI=1S/C73H69BN2/c1-38(2)42(9)47-27-28-66-56(30-47)57-32-51(44(11)40(5)6)35-64-69(57)75(66)71-55(49-26-25-46-19-13-14-20-48(46)29-49)37-63-72-67(71)74(64)65-36-52(45(12)41(7)8)33-59-58-31-50(43(10)39(3)4)34-62(68(58)76(72)70(59)65)73(63)60-23-17-15-21-53(60)54-22-16-18-24-61(54)73/h13-45H,1-12H3. The van der Waals surface area contributed by atoms with Crippen LogP contribution in [0.4, 0.5) is 0 Å². The predicted octanol–water partition coefficient (Wildman–Crippen LogP) is 17.6. The Bertz CT molecular complexity index is 4290. The summed E-state index contributed by atoms with van der Waals surface area (Å²) in [5, 5.41) is 8.10. The van der Waals surface area contributed by atoms with Gasteiger partial charge in [-0.2, -0.15) is 0 Å². The summed E-state index contributed by atoms with van der Waals surface area (Å²) in [4.78, 5) is 0. The van der Waals surface area contributed by atoms with Gasteiger partial charge in [0.1, 0.15) is 0 Å². The lowest BCUT2D eigenvalue weighted by molar-refractivity contribution is 0.534. The minimum absolute atomic E-state index is 0.0185. The van der Waals surface area contributed by atoms with Crippen molar-refractivity contribution in [2.24, 2.45) is 23.7 Å². The zero-order valence-electron chi connectivity index (χ0n) is 46.5. The van der Waals surface area contributed by atoms with Crippen molar-refractivity contribution >= 4 is 77.5 Å². The van der Waals surface area contributed by atoms with Crippen molar-refractivity contribution in [3.63, 3.8) is 0 Å². The van der Waals surface area contributed by atoms with E-state index in [2.05, 4.69) is 244 Å². The molecule has 76 heavy (non-hydrogen) atoms. The van der Waals surface area contributed by atoms with E-state index in [4.69, 9.17) is 0 Å². The number of hydrogen-bond acceptors (Lipinski definition) is 0. The second-order valence-corrected chi connectivity index (χ2v) is 25.5. The van der Waals surface area contributed by atoms with Gasteiger partial charge in [0, 0.05) is 43.8 Å². The lowest BCUT2D eigenvalue weighted by Crippen LogP contribution is -2.61. The molecule has 1 spiro atoms. The molecule has 0 fully saturated rings. The quantitative estimate of drug-likeness (QED) is 0.128. The Labute approximate surface area is 449 Å². The second-order valence-electron chi connectivity index (χ2n) is 25.5. The zero-order valence-corrected chi connectivity index (χ0v) is 46.5. The highest BCUT2D eigenvalue weighted by Gasteiger charge is 2.55. The van der Waals surface area contributed by atoms with Crippen LogP contribution in [0, 0.1) is 23.7 Å². The van der Waals surface area contributed by atoms with Gasteiger partial charge >= 0.3 is 0 Å². The van der Waals surface area contributed by atoms with E-state index in [0.29, 0.717) is 47.3 Å². The van der Waals surface area contributed by atoms with Crippen LogP contribution < -0.4 is 16.4 Å². The van der Waals surface area contributed by atoms with Crippen LogP contribution in [-0.2, 0) is 5.41 Å². The molecule has 11 aromatic rings. The fraction of sp³-hybridized carbons (Fsp3) is 0.288. The summed E-state index contributed by atoms with van der Waals surface area (Å²) in [5.74, 6) is 3.48. The summed E-state index contributed by atoms with van der Waals surface area (Å²) in [6.07, 6.45) is 0. The van der Waals surface area contributed by atoms with E-state index in [0.717, 1.165) is 0 Å². The molecule has 2 aromatic heterocycles. The van der Waals surface area contributed by atoms with E-state index in [1.807, 2.05) is 0 Å². The van der Waals surface area contributed by atoms with Crippen LogP contribution in [0.1, 0.15) is 151 Å². The molecule has 3 aliphatic heterocycles. The molecule has 2 nitrogen and oxygen atoms in total. The maximum atomic E-state index is 2.84. The molecule has 4 unspecified atom stereocenters. The third kappa shape index (κ3) is 5.80. The molecular formula is C73H69BN2. The van der Waals surface area contributed by atoms with E-state index in [9.17, 15) is 0 Å². The van der Waals surface area contributed by atoms with Crippen LogP contribution in [0.2, 0.25) is 0 Å². The molecule has 0 N–H and O–H groups in total. The summed E-state index contributed by atoms with van der Waals surface area (Å²) >= 11 is 0. The van der Waals surface area contributed by atoms with Crippen LogP contribution in [-0.4, -0.2) is 15.8 Å². The normalized spacial score (nSPS) is 16.0. The highest BCUT2D eigenvalue weighted by Crippen LogP contribution is 2.63. The Hall–Kier alpha value is -7.10. The van der Waals surface area contributed by atoms with E-state index < -0.39 is 5.41 Å². The van der Waals surface area contributed by atoms with Crippen molar-refractivity contribution in [2.75, 3.05) is 0 Å². The van der Waals surface area contributed by atoms with Crippen LogP contribution in [0.3, 0.4) is 0 Å². The van der Waals surface area contributed by atoms with Gasteiger partial charge in [-0.25, -0.2) is 0 Å². The third-order valence-corrected chi connectivity index (χ3v) is 20.6. The van der Waals surface area contributed by atoms with Gasteiger partial charge in [-0.15, -0.1) is 0 Å². The van der Waals surface area contributed by atoms with Gasteiger partial charge in [-0.3, -0.25) is 0 Å². The molecular weight excluding hydrogens is 916 g/mol. The number of fused-ring (bicyclic) bond motifs is 15. The maximum Gasteiger partial charge on any atom is 0.252 e. The average Bonchev–Trinajstić information content (AvgIpc) is 4.16. The lowest BCUT2D eigenvalue weighted by atomic mass is 9.33. The molecule has 0 bridgehead atoms. The molecule has 4 atom stereocenters. The van der Waals surface area contributed by atoms with Gasteiger partial charge in [-0.05, 0) is 178 Å². The molecule has 3 heteroatoms. The Balaban J connectivity index is 1.23. The summed E-state index contributed by atoms with van der Waals surface area (Å²) in [7, 11) is 0. The van der Waals surface area contributed by atoms with E-state index in [1.165, 1.54) is 149 Å². The van der Waals surface area contributed by atoms with Crippen molar-refractivity contribution < 1.29 is 0 Å². The molecule has 15 rings (SSSR count). The van der Waals surface area contributed by atoms with Crippen molar-refractivity contribution in [2.45, 2.75) is 112 Å². The Kier molecular flexibility index (Phi) is 9.72. The minimum atomic E-state index is -0.598. The molecule has 5 heterocycles. The van der Waals surface area contributed by atoms with Crippen molar-refractivity contribution in [1.29, 1.82) is 0 Å². The van der Waals surface area contributed by atoms with Crippen molar-refractivity contribution in [1.82, 2.24) is 9.13 Å². The first kappa shape index (κ1) is 46.2. The van der Waals surface area contributed by atoms with Gasteiger partial charge in [0.15, 0.2) is 0 Å². The molecule has 0 amide bonds. The molecule has 374 valence electrons. The molecule has 0 saturated heterocycles. The molecule has 0 radical (unpaired) electrons. The predicted molar refractivity (Wildman–Crippen MR) is 327 cm³/mol. The molecule has 9 aromatic carbocycles. The largest absolute Gasteiger partial charge is 0.310 e. The Morgan fingerprint density at radius 1 is 0.355 bits per heavy atom. The monoisotopic (exact) mass is 985 g/mol. The van der Waals surface area contributed by atoms with Crippen LogP contribution in [0.15, 0.2) is 152 Å².